The molecular formula is C18H17NO. The van der Waals surface area contributed by atoms with Crippen LogP contribution in [0.3, 0.4) is 0 Å². The lowest BCUT2D eigenvalue weighted by Crippen LogP contribution is -1.97. The highest BCUT2D eigenvalue weighted by Gasteiger charge is 2.08. The first-order chi connectivity index (χ1) is 9.78. The Labute approximate surface area is 119 Å². The van der Waals surface area contributed by atoms with Gasteiger partial charge in [-0.15, -0.1) is 0 Å². The van der Waals surface area contributed by atoms with Crippen LogP contribution in [0, 0.1) is 6.92 Å². The van der Waals surface area contributed by atoms with Gasteiger partial charge in [-0.05, 0) is 31.4 Å². The van der Waals surface area contributed by atoms with Crippen molar-refractivity contribution in [1.82, 2.24) is 4.98 Å². The Morgan fingerprint density at radius 3 is 2.50 bits per heavy atom. The molecule has 0 atom stereocenters. The summed E-state index contributed by atoms with van der Waals surface area (Å²) in [6, 6.07) is 18.7. The molecule has 2 nitrogen and oxygen atoms in total. The van der Waals surface area contributed by atoms with Crippen LogP contribution in [-0.2, 0) is 0 Å². The molecule has 0 saturated heterocycles. The van der Waals surface area contributed by atoms with Crippen molar-refractivity contribution in [2.45, 2.75) is 13.8 Å². The number of fused-ring (bicyclic) bond motifs is 1. The van der Waals surface area contributed by atoms with Crippen molar-refractivity contribution in [3.63, 3.8) is 0 Å². The zero-order valence-electron chi connectivity index (χ0n) is 11.8. The molecule has 0 radical (unpaired) electrons. The molecular weight excluding hydrogens is 246 g/mol. The molecule has 0 N–H and O–H groups in total. The minimum absolute atomic E-state index is 0.619. The number of pyridine rings is 1. The average Bonchev–Trinajstić information content (AvgIpc) is 2.48. The third-order valence-corrected chi connectivity index (χ3v) is 3.33. The molecule has 2 aromatic carbocycles. The standard InChI is InChI=1S/C18H17NO/c1-3-20-18-16-7-5-4-6-15(16)12-17(19-18)14-10-8-13(2)9-11-14/h4-12H,3H2,1-2H3. The Hall–Kier alpha value is -2.35. The summed E-state index contributed by atoms with van der Waals surface area (Å²) in [6.07, 6.45) is 0. The molecule has 0 amide bonds. The summed E-state index contributed by atoms with van der Waals surface area (Å²) in [4.78, 5) is 4.67. The van der Waals surface area contributed by atoms with Gasteiger partial charge in [-0.25, -0.2) is 4.98 Å². The van der Waals surface area contributed by atoms with E-state index in [0.29, 0.717) is 12.5 Å². The summed E-state index contributed by atoms with van der Waals surface area (Å²) in [5.41, 5.74) is 3.31. The van der Waals surface area contributed by atoms with Crippen molar-refractivity contribution in [2.75, 3.05) is 6.61 Å². The van der Waals surface area contributed by atoms with Crippen molar-refractivity contribution < 1.29 is 4.74 Å². The maximum Gasteiger partial charge on any atom is 0.221 e. The summed E-state index contributed by atoms with van der Waals surface area (Å²) in [5.74, 6) is 0.709. The molecule has 100 valence electrons. The van der Waals surface area contributed by atoms with Crippen molar-refractivity contribution in [2.24, 2.45) is 0 Å². The molecule has 0 aliphatic rings. The van der Waals surface area contributed by atoms with E-state index in [1.807, 2.05) is 25.1 Å². The minimum Gasteiger partial charge on any atom is -0.478 e. The fourth-order valence-electron chi connectivity index (χ4n) is 2.29. The van der Waals surface area contributed by atoms with Crippen molar-refractivity contribution in [3.8, 4) is 17.1 Å². The first-order valence-corrected chi connectivity index (χ1v) is 6.87. The maximum absolute atomic E-state index is 5.69. The van der Waals surface area contributed by atoms with E-state index in [-0.39, 0.29) is 0 Å². The summed E-state index contributed by atoms with van der Waals surface area (Å²) < 4.78 is 5.69. The highest BCUT2D eigenvalue weighted by atomic mass is 16.5. The number of rotatable bonds is 3. The lowest BCUT2D eigenvalue weighted by atomic mass is 10.1. The molecule has 0 saturated carbocycles. The highest BCUT2D eigenvalue weighted by Crippen LogP contribution is 2.29. The van der Waals surface area contributed by atoms with E-state index >= 15 is 0 Å². The zero-order valence-corrected chi connectivity index (χ0v) is 11.8. The van der Waals surface area contributed by atoms with Crippen LogP contribution < -0.4 is 4.74 Å². The van der Waals surface area contributed by atoms with Gasteiger partial charge in [0.15, 0.2) is 0 Å². The number of hydrogen-bond acceptors (Lipinski definition) is 2. The quantitative estimate of drug-likeness (QED) is 0.688. The maximum atomic E-state index is 5.69. The van der Waals surface area contributed by atoms with Gasteiger partial charge in [0, 0.05) is 10.9 Å². The van der Waals surface area contributed by atoms with Gasteiger partial charge in [0.1, 0.15) is 0 Å². The summed E-state index contributed by atoms with van der Waals surface area (Å²) in [5, 5.41) is 2.21. The van der Waals surface area contributed by atoms with E-state index in [0.717, 1.165) is 22.0 Å². The second-order valence-corrected chi connectivity index (χ2v) is 4.83. The number of nitrogens with zero attached hydrogens (tertiary/aromatic N) is 1. The van der Waals surface area contributed by atoms with Crippen LogP contribution in [0.4, 0.5) is 0 Å². The van der Waals surface area contributed by atoms with Gasteiger partial charge < -0.3 is 4.74 Å². The lowest BCUT2D eigenvalue weighted by Gasteiger charge is -2.10. The molecule has 2 heteroatoms. The van der Waals surface area contributed by atoms with Crippen LogP contribution in [0.15, 0.2) is 54.6 Å². The predicted octanol–water partition coefficient (Wildman–Crippen LogP) is 4.61. The molecule has 0 fully saturated rings. The Morgan fingerprint density at radius 1 is 1.00 bits per heavy atom. The summed E-state index contributed by atoms with van der Waals surface area (Å²) >= 11 is 0. The van der Waals surface area contributed by atoms with Gasteiger partial charge in [-0.2, -0.15) is 0 Å². The predicted molar refractivity (Wildman–Crippen MR) is 83.1 cm³/mol. The van der Waals surface area contributed by atoms with Gasteiger partial charge in [0.25, 0.3) is 0 Å². The van der Waals surface area contributed by atoms with Gasteiger partial charge in [0.05, 0.1) is 12.3 Å². The van der Waals surface area contributed by atoms with E-state index in [9.17, 15) is 0 Å². The molecule has 0 aliphatic carbocycles. The Balaban J connectivity index is 2.18. The van der Waals surface area contributed by atoms with Crippen molar-refractivity contribution >= 4 is 10.8 Å². The third kappa shape index (κ3) is 2.37. The minimum atomic E-state index is 0.619. The zero-order chi connectivity index (χ0) is 13.9. The van der Waals surface area contributed by atoms with Crippen LogP contribution in [0.5, 0.6) is 5.88 Å². The molecule has 1 heterocycles. The SMILES string of the molecule is CCOc1nc(-c2ccc(C)cc2)cc2ccccc12. The Morgan fingerprint density at radius 2 is 1.75 bits per heavy atom. The van der Waals surface area contributed by atoms with E-state index in [1.54, 1.807) is 0 Å². The van der Waals surface area contributed by atoms with Gasteiger partial charge in [-0.3, -0.25) is 0 Å². The number of benzene rings is 2. The third-order valence-electron chi connectivity index (χ3n) is 3.33. The Kier molecular flexibility index (Phi) is 3.38. The molecule has 3 aromatic rings. The van der Waals surface area contributed by atoms with Gasteiger partial charge in [0.2, 0.25) is 5.88 Å². The van der Waals surface area contributed by atoms with Crippen LogP contribution in [0.2, 0.25) is 0 Å². The molecule has 0 bridgehead atoms. The topological polar surface area (TPSA) is 22.1 Å². The molecule has 0 unspecified atom stereocenters. The highest BCUT2D eigenvalue weighted by molar-refractivity contribution is 5.90. The Bertz CT molecular complexity index is 732. The smallest absolute Gasteiger partial charge is 0.221 e. The summed E-state index contributed by atoms with van der Waals surface area (Å²) in [7, 11) is 0. The molecule has 20 heavy (non-hydrogen) atoms. The fourth-order valence-corrected chi connectivity index (χ4v) is 2.29. The van der Waals surface area contributed by atoms with Gasteiger partial charge >= 0.3 is 0 Å². The first-order valence-electron chi connectivity index (χ1n) is 6.87. The van der Waals surface area contributed by atoms with E-state index in [2.05, 4.69) is 48.3 Å². The van der Waals surface area contributed by atoms with Crippen LogP contribution in [0.25, 0.3) is 22.0 Å². The average molecular weight is 263 g/mol. The van der Waals surface area contributed by atoms with Crippen molar-refractivity contribution in [1.29, 1.82) is 0 Å². The number of ether oxygens (including phenoxy) is 1. The van der Waals surface area contributed by atoms with Crippen LogP contribution in [-0.4, -0.2) is 11.6 Å². The van der Waals surface area contributed by atoms with Crippen LogP contribution in [0.1, 0.15) is 12.5 Å². The number of aromatic nitrogens is 1. The number of aryl methyl sites for hydroxylation is 1. The van der Waals surface area contributed by atoms with Crippen LogP contribution >= 0.6 is 0 Å². The second kappa shape index (κ2) is 5.33. The normalized spacial score (nSPS) is 10.7. The first kappa shape index (κ1) is 12.7. The largest absolute Gasteiger partial charge is 0.478 e. The van der Waals surface area contributed by atoms with E-state index in [4.69, 9.17) is 4.74 Å². The molecule has 0 aliphatic heterocycles. The van der Waals surface area contributed by atoms with Crippen molar-refractivity contribution in [3.05, 3.63) is 60.2 Å². The van der Waals surface area contributed by atoms with E-state index in [1.165, 1.54) is 5.56 Å². The summed E-state index contributed by atoms with van der Waals surface area (Å²) in [6.45, 7) is 4.69. The van der Waals surface area contributed by atoms with Gasteiger partial charge in [-0.1, -0.05) is 48.0 Å². The lowest BCUT2D eigenvalue weighted by molar-refractivity contribution is 0.332. The second-order valence-electron chi connectivity index (χ2n) is 4.83. The molecule has 1 aromatic heterocycles. The molecule has 0 spiro atoms. The fraction of sp³-hybridized carbons (Fsp3) is 0.167. The van der Waals surface area contributed by atoms with E-state index < -0.39 is 0 Å². The molecule has 3 rings (SSSR count). The number of hydrogen-bond donors (Lipinski definition) is 0. The monoisotopic (exact) mass is 263 g/mol.